The average molecular weight is 495 g/mol. The molecule has 0 bridgehead atoms. The van der Waals surface area contributed by atoms with Gasteiger partial charge >= 0.3 is 0 Å². The number of ketones is 1. The fourth-order valence-electron chi connectivity index (χ4n) is 4.46. The summed E-state index contributed by atoms with van der Waals surface area (Å²) in [6.07, 6.45) is 5.66. The Morgan fingerprint density at radius 1 is 1.11 bits per heavy atom. The van der Waals surface area contributed by atoms with E-state index in [-0.39, 0.29) is 27.9 Å². The van der Waals surface area contributed by atoms with Crippen molar-refractivity contribution in [3.63, 3.8) is 0 Å². The van der Waals surface area contributed by atoms with Crippen molar-refractivity contribution in [3.05, 3.63) is 70.1 Å². The number of nitriles is 1. The standard InChI is InChI=1S/C26H24ClFN4O3/c1-30(2)26(35)24(33)21-14-32(15-29)23-13-22(27)20(12-19(21)23)25(34)31-9-7-17(8-10-31)11-16-3-5-18(28)6-4-16/h3-6,12-14,17H,7-11H2,1-2H3. The van der Waals surface area contributed by atoms with Gasteiger partial charge in [0.2, 0.25) is 0 Å². The Labute approximate surface area is 207 Å². The molecule has 3 aromatic rings. The van der Waals surface area contributed by atoms with Gasteiger partial charge in [0.1, 0.15) is 5.82 Å². The number of amides is 2. The van der Waals surface area contributed by atoms with E-state index in [2.05, 4.69) is 0 Å². The second-order valence-corrected chi connectivity index (χ2v) is 9.36. The third-order valence-electron chi connectivity index (χ3n) is 6.42. The Morgan fingerprint density at radius 2 is 1.77 bits per heavy atom. The molecule has 2 aromatic carbocycles. The number of aromatic nitrogens is 1. The minimum atomic E-state index is -0.767. The van der Waals surface area contributed by atoms with Crippen LogP contribution in [0.15, 0.2) is 42.6 Å². The van der Waals surface area contributed by atoms with Crippen molar-refractivity contribution >= 4 is 40.1 Å². The van der Waals surface area contributed by atoms with Crippen LogP contribution in [0.5, 0.6) is 0 Å². The van der Waals surface area contributed by atoms with Crippen LogP contribution in [0.2, 0.25) is 5.02 Å². The van der Waals surface area contributed by atoms with Crippen molar-refractivity contribution in [2.45, 2.75) is 19.3 Å². The number of Topliss-reactive ketones (excluding diaryl/α,β-unsaturated/α-hetero) is 1. The smallest absolute Gasteiger partial charge is 0.294 e. The van der Waals surface area contributed by atoms with Gasteiger partial charge in [0.25, 0.3) is 17.6 Å². The summed E-state index contributed by atoms with van der Waals surface area (Å²) in [6, 6.07) is 9.46. The molecule has 0 N–H and O–H groups in total. The van der Waals surface area contributed by atoms with E-state index in [4.69, 9.17) is 11.6 Å². The van der Waals surface area contributed by atoms with Gasteiger partial charge in [-0.15, -0.1) is 0 Å². The number of carbonyl (C=O) groups is 3. The number of hydrogen-bond donors (Lipinski definition) is 0. The van der Waals surface area contributed by atoms with Crippen LogP contribution >= 0.6 is 11.6 Å². The fourth-order valence-corrected chi connectivity index (χ4v) is 4.69. The highest BCUT2D eigenvalue weighted by Gasteiger charge is 2.28. The second-order valence-electron chi connectivity index (χ2n) is 8.96. The molecule has 1 fully saturated rings. The Morgan fingerprint density at radius 3 is 2.37 bits per heavy atom. The fraction of sp³-hybridized carbons (Fsp3) is 0.308. The van der Waals surface area contributed by atoms with Crippen LogP contribution < -0.4 is 0 Å². The zero-order chi connectivity index (χ0) is 25.3. The first-order valence-corrected chi connectivity index (χ1v) is 11.6. The first kappa shape index (κ1) is 24.4. The molecule has 1 saturated heterocycles. The number of fused-ring (bicyclic) bond motifs is 1. The van der Waals surface area contributed by atoms with E-state index in [1.54, 1.807) is 17.0 Å². The predicted octanol–water partition coefficient (Wildman–Crippen LogP) is 4.13. The van der Waals surface area contributed by atoms with E-state index >= 15 is 0 Å². The molecule has 0 saturated carbocycles. The lowest BCUT2D eigenvalue weighted by Gasteiger charge is -2.32. The van der Waals surface area contributed by atoms with E-state index in [0.29, 0.717) is 29.9 Å². The lowest BCUT2D eigenvalue weighted by molar-refractivity contribution is -0.124. The number of nitrogens with zero attached hydrogens (tertiary/aromatic N) is 4. The molecule has 0 atom stereocenters. The third-order valence-corrected chi connectivity index (χ3v) is 6.73. The van der Waals surface area contributed by atoms with Gasteiger partial charge in [-0.1, -0.05) is 23.7 Å². The zero-order valence-electron chi connectivity index (χ0n) is 19.4. The zero-order valence-corrected chi connectivity index (χ0v) is 20.2. The maximum absolute atomic E-state index is 13.3. The summed E-state index contributed by atoms with van der Waals surface area (Å²) in [5, 5.41) is 9.96. The van der Waals surface area contributed by atoms with Crippen molar-refractivity contribution in [3.8, 4) is 6.19 Å². The van der Waals surface area contributed by atoms with E-state index < -0.39 is 11.7 Å². The van der Waals surface area contributed by atoms with Gasteiger partial charge in [-0.3, -0.25) is 19.0 Å². The normalized spacial score (nSPS) is 14.1. The van der Waals surface area contributed by atoms with E-state index in [1.165, 1.54) is 44.6 Å². The van der Waals surface area contributed by atoms with Crippen LogP contribution in [0.1, 0.15) is 39.1 Å². The highest BCUT2D eigenvalue weighted by Crippen LogP contribution is 2.31. The summed E-state index contributed by atoms with van der Waals surface area (Å²) in [5.74, 6) is -1.64. The highest BCUT2D eigenvalue weighted by molar-refractivity contribution is 6.45. The van der Waals surface area contributed by atoms with Gasteiger partial charge in [0, 0.05) is 38.8 Å². The molecule has 35 heavy (non-hydrogen) atoms. The number of carbonyl (C=O) groups excluding carboxylic acids is 3. The number of piperidine rings is 1. The largest absolute Gasteiger partial charge is 0.342 e. The summed E-state index contributed by atoms with van der Waals surface area (Å²) < 4.78 is 14.3. The van der Waals surface area contributed by atoms with Gasteiger partial charge in [-0.2, -0.15) is 5.26 Å². The summed E-state index contributed by atoms with van der Waals surface area (Å²) in [7, 11) is 2.93. The lowest BCUT2D eigenvalue weighted by Crippen LogP contribution is -2.39. The Hall–Kier alpha value is -3.70. The topological polar surface area (TPSA) is 86.4 Å². The SMILES string of the molecule is CN(C)C(=O)C(=O)c1cn(C#N)c2cc(Cl)c(C(=O)N3CCC(Cc4ccc(F)cc4)CC3)cc12. The predicted molar refractivity (Wildman–Crippen MR) is 130 cm³/mol. The number of rotatable bonds is 5. The first-order chi connectivity index (χ1) is 16.7. The van der Waals surface area contributed by atoms with Crippen molar-refractivity contribution in [1.29, 1.82) is 5.26 Å². The molecule has 1 aliphatic heterocycles. The van der Waals surface area contributed by atoms with Gasteiger partial charge < -0.3 is 9.80 Å². The van der Waals surface area contributed by atoms with Crippen molar-refractivity contribution in [2.24, 2.45) is 5.92 Å². The first-order valence-electron chi connectivity index (χ1n) is 11.2. The molecule has 0 spiro atoms. The Kier molecular flexibility index (Phi) is 6.90. The highest BCUT2D eigenvalue weighted by atomic mass is 35.5. The molecule has 0 unspecified atom stereocenters. The number of halogens is 2. The lowest BCUT2D eigenvalue weighted by atomic mass is 9.90. The van der Waals surface area contributed by atoms with Crippen LogP contribution in [-0.4, -0.2) is 59.1 Å². The quantitative estimate of drug-likeness (QED) is 0.394. The summed E-state index contributed by atoms with van der Waals surface area (Å²) in [6.45, 7) is 1.09. The minimum Gasteiger partial charge on any atom is -0.342 e. The summed E-state index contributed by atoms with van der Waals surface area (Å²) >= 11 is 6.44. The Bertz CT molecular complexity index is 1350. The van der Waals surface area contributed by atoms with Crippen molar-refractivity contribution in [2.75, 3.05) is 27.2 Å². The van der Waals surface area contributed by atoms with Gasteiger partial charge in [0.15, 0.2) is 6.19 Å². The van der Waals surface area contributed by atoms with Gasteiger partial charge in [0.05, 0.1) is 21.7 Å². The summed E-state index contributed by atoms with van der Waals surface area (Å²) in [4.78, 5) is 41.2. The average Bonchev–Trinajstić information content (AvgIpc) is 3.21. The molecule has 2 heterocycles. The molecule has 2 amide bonds. The van der Waals surface area contributed by atoms with Crippen LogP contribution in [0.4, 0.5) is 4.39 Å². The molecule has 180 valence electrons. The van der Waals surface area contributed by atoms with Crippen LogP contribution in [0.25, 0.3) is 10.9 Å². The summed E-state index contributed by atoms with van der Waals surface area (Å²) in [5.41, 5.74) is 1.68. The minimum absolute atomic E-state index is 0.0453. The maximum atomic E-state index is 13.3. The van der Waals surface area contributed by atoms with Crippen molar-refractivity contribution < 1.29 is 18.8 Å². The van der Waals surface area contributed by atoms with Crippen LogP contribution in [0, 0.1) is 23.2 Å². The third kappa shape index (κ3) is 4.91. The van der Waals surface area contributed by atoms with Crippen molar-refractivity contribution in [1.82, 2.24) is 14.4 Å². The Balaban J connectivity index is 1.56. The van der Waals surface area contributed by atoms with Crippen LogP contribution in [-0.2, 0) is 11.2 Å². The molecular weight excluding hydrogens is 471 g/mol. The number of likely N-dealkylation sites (N-methyl/N-ethyl adjacent to an activating group) is 1. The molecule has 1 aliphatic rings. The van der Waals surface area contributed by atoms with Gasteiger partial charge in [-0.25, -0.2) is 4.39 Å². The van der Waals surface area contributed by atoms with E-state index in [0.717, 1.165) is 34.3 Å². The maximum Gasteiger partial charge on any atom is 0.294 e. The number of likely N-dealkylation sites (tertiary alicyclic amines) is 1. The molecule has 0 radical (unpaired) electrons. The van der Waals surface area contributed by atoms with E-state index in [1.807, 2.05) is 6.19 Å². The van der Waals surface area contributed by atoms with E-state index in [9.17, 15) is 24.0 Å². The van der Waals surface area contributed by atoms with Gasteiger partial charge in [-0.05, 0) is 55.0 Å². The number of hydrogen-bond acceptors (Lipinski definition) is 4. The molecule has 4 rings (SSSR count). The monoisotopic (exact) mass is 494 g/mol. The number of benzene rings is 2. The van der Waals surface area contributed by atoms with Crippen LogP contribution in [0.3, 0.4) is 0 Å². The molecule has 9 heteroatoms. The second kappa shape index (κ2) is 9.88. The molecule has 0 aliphatic carbocycles. The molecule has 7 nitrogen and oxygen atoms in total. The molecule has 1 aromatic heterocycles. The molecular formula is C26H24ClFN4O3.